The summed E-state index contributed by atoms with van der Waals surface area (Å²) < 4.78 is 5.61. The van der Waals surface area contributed by atoms with Gasteiger partial charge in [-0.05, 0) is 24.5 Å². The SMILES string of the molecule is O=C(N1CCN(c2ccnc(-c3ccccc3)n2)CC1)C1(c2ccccc2)CCOCC1. The molecule has 2 saturated heterocycles. The van der Waals surface area contributed by atoms with Crippen LogP contribution in [0.4, 0.5) is 5.82 Å². The van der Waals surface area contributed by atoms with Gasteiger partial charge in [-0.3, -0.25) is 4.79 Å². The van der Waals surface area contributed by atoms with Gasteiger partial charge in [0.15, 0.2) is 5.82 Å². The normalized spacial score (nSPS) is 18.4. The Balaban J connectivity index is 1.31. The van der Waals surface area contributed by atoms with E-state index in [1.807, 2.05) is 65.7 Å². The Morgan fingerprint density at radius 2 is 1.50 bits per heavy atom. The highest BCUT2D eigenvalue weighted by atomic mass is 16.5. The standard InChI is InChI=1S/C26H28N4O2/c31-25(26(12-19-32-20-13-26)22-9-5-2-6-10-22)30-17-15-29(16-18-30)23-11-14-27-24(28-23)21-7-3-1-4-8-21/h1-11,14H,12-13,15-20H2. The molecule has 32 heavy (non-hydrogen) atoms. The first-order valence-electron chi connectivity index (χ1n) is 11.3. The summed E-state index contributed by atoms with van der Waals surface area (Å²) in [6.45, 7) is 4.17. The number of anilines is 1. The molecule has 0 radical (unpaired) electrons. The number of carbonyl (C=O) groups is 1. The topological polar surface area (TPSA) is 58.6 Å². The van der Waals surface area contributed by atoms with E-state index >= 15 is 0 Å². The summed E-state index contributed by atoms with van der Waals surface area (Å²) in [5.41, 5.74) is 1.64. The Bertz CT molecular complexity index is 1040. The van der Waals surface area contributed by atoms with E-state index in [0.717, 1.165) is 48.7 Å². The average Bonchev–Trinajstić information content (AvgIpc) is 2.90. The van der Waals surface area contributed by atoms with Gasteiger partial charge in [0.2, 0.25) is 5.91 Å². The van der Waals surface area contributed by atoms with Crippen molar-refractivity contribution in [3.05, 3.63) is 78.5 Å². The Kier molecular flexibility index (Phi) is 5.86. The van der Waals surface area contributed by atoms with Crippen LogP contribution in [0.25, 0.3) is 11.4 Å². The van der Waals surface area contributed by atoms with E-state index in [2.05, 4.69) is 22.0 Å². The van der Waals surface area contributed by atoms with Crippen molar-refractivity contribution >= 4 is 11.7 Å². The van der Waals surface area contributed by atoms with Crippen molar-refractivity contribution < 1.29 is 9.53 Å². The molecule has 0 bridgehead atoms. The zero-order chi connectivity index (χ0) is 21.8. The molecule has 0 unspecified atom stereocenters. The fourth-order valence-corrected chi connectivity index (χ4v) is 4.80. The van der Waals surface area contributed by atoms with E-state index in [1.165, 1.54) is 0 Å². The van der Waals surface area contributed by atoms with Crippen molar-refractivity contribution in [3.8, 4) is 11.4 Å². The summed E-state index contributed by atoms with van der Waals surface area (Å²) in [5, 5.41) is 0. The van der Waals surface area contributed by atoms with Gasteiger partial charge >= 0.3 is 0 Å². The van der Waals surface area contributed by atoms with Gasteiger partial charge in [-0.15, -0.1) is 0 Å². The van der Waals surface area contributed by atoms with E-state index in [-0.39, 0.29) is 5.91 Å². The number of nitrogens with zero attached hydrogens (tertiary/aromatic N) is 4. The van der Waals surface area contributed by atoms with Crippen molar-refractivity contribution in [1.82, 2.24) is 14.9 Å². The molecule has 6 nitrogen and oxygen atoms in total. The molecule has 2 aliphatic heterocycles. The molecule has 0 spiro atoms. The zero-order valence-electron chi connectivity index (χ0n) is 18.2. The van der Waals surface area contributed by atoms with Crippen LogP contribution in [0.15, 0.2) is 72.9 Å². The van der Waals surface area contributed by atoms with Crippen molar-refractivity contribution in [1.29, 1.82) is 0 Å². The first-order valence-corrected chi connectivity index (χ1v) is 11.3. The van der Waals surface area contributed by atoms with Crippen LogP contribution in [0.1, 0.15) is 18.4 Å². The fourth-order valence-electron chi connectivity index (χ4n) is 4.80. The fraction of sp³-hybridized carbons (Fsp3) is 0.346. The second-order valence-corrected chi connectivity index (χ2v) is 8.44. The van der Waals surface area contributed by atoms with Gasteiger partial charge in [0.25, 0.3) is 0 Å². The number of hydrogen-bond acceptors (Lipinski definition) is 5. The molecular weight excluding hydrogens is 400 g/mol. The third-order valence-corrected chi connectivity index (χ3v) is 6.65. The lowest BCUT2D eigenvalue weighted by atomic mass is 9.73. The van der Waals surface area contributed by atoms with Crippen LogP contribution in [0.3, 0.4) is 0 Å². The van der Waals surface area contributed by atoms with Crippen molar-refractivity contribution in [2.24, 2.45) is 0 Å². The molecule has 1 aromatic heterocycles. The molecule has 0 atom stereocenters. The Morgan fingerprint density at radius 3 is 2.19 bits per heavy atom. The molecule has 6 heteroatoms. The minimum Gasteiger partial charge on any atom is -0.381 e. The zero-order valence-corrected chi connectivity index (χ0v) is 18.2. The Hall–Kier alpha value is -3.25. The summed E-state index contributed by atoms with van der Waals surface area (Å²) >= 11 is 0. The molecule has 2 fully saturated rings. The quantitative estimate of drug-likeness (QED) is 0.636. The number of carbonyl (C=O) groups excluding carboxylic acids is 1. The van der Waals surface area contributed by atoms with Gasteiger partial charge in [0.05, 0.1) is 5.41 Å². The third kappa shape index (κ3) is 3.98. The molecular formula is C26H28N4O2. The number of benzene rings is 2. The molecule has 2 aliphatic rings. The lowest BCUT2D eigenvalue weighted by Gasteiger charge is -2.43. The maximum absolute atomic E-state index is 13.8. The van der Waals surface area contributed by atoms with E-state index in [9.17, 15) is 4.79 Å². The lowest BCUT2D eigenvalue weighted by Crippen LogP contribution is -2.56. The van der Waals surface area contributed by atoms with Crippen LogP contribution in [-0.4, -0.2) is 60.2 Å². The van der Waals surface area contributed by atoms with Crippen molar-refractivity contribution in [3.63, 3.8) is 0 Å². The third-order valence-electron chi connectivity index (χ3n) is 6.65. The highest BCUT2D eigenvalue weighted by molar-refractivity contribution is 5.88. The maximum atomic E-state index is 13.8. The van der Waals surface area contributed by atoms with Crippen LogP contribution >= 0.6 is 0 Å². The van der Waals surface area contributed by atoms with Crippen LogP contribution in [-0.2, 0) is 14.9 Å². The number of ether oxygens (including phenoxy) is 1. The molecule has 164 valence electrons. The number of piperazine rings is 1. The van der Waals surface area contributed by atoms with Crippen molar-refractivity contribution in [2.45, 2.75) is 18.3 Å². The van der Waals surface area contributed by atoms with Gasteiger partial charge in [-0.25, -0.2) is 9.97 Å². The largest absolute Gasteiger partial charge is 0.381 e. The molecule has 0 saturated carbocycles. The highest BCUT2D eigenvalue weighted by Crippen LogP contribution is 2.37. The summed E-state index contributed by atoms with van der Waals surface area (Å²) in [4.78, 5) is 27.3. The van der Waals surface area contributed by atoms with Gasteiger partial charge in [0, 0.05) is 51.2 Å². The number of hydrogen-bond donors (Lipinski definition) is 0. The van der Waals surface area contributed by atoms with Gasteiger partial charge in [-0.1, -0.05) is 60.7 Å². The molecule has 1 amide bonds. The maximum Gasteiger partial charge on any atom is 0.233 e. The summed E-state index contributed by atoms with van der Waals surface area (Å²) in [6.07, 6.45) is 3.29. The van der Waals surface area contributed by atoms with Crippen LogP contribution in [0.5, 0.6) is 0 Å². The molecule has 0 aliphatic carbocycles. The van der Waals surface area contributed by atoms with Crippen LogP contribution < -0.4 is 4.90 Å². The number of rotatable bonds is 4. The summed E-state index contributed by atoms with van der Waals surface area (Å²) in [5.74, 6) is 1.88. The smallest absolute Gasteiger partial charge is 0.233 e. The predicted molar refractivity (Wildman–Crippen MR) is 124 cm³/mol. The lowest BCUT2D eigenvalue weighted by molar-refractivity contribution is -0.141. The molecule has 2 aromatic carbocycles. The van der Waals surface area contributed by atoms with Crippen LogP contribution in [0.2, 0.25) is 0 Å². The first-order chi connectivity index (χ1) is 15.8. The van der Waals surface area contributed by atoms with Gasteiger partial charge < -0.3 is 14.5 Å². The first kappa shape index (κ1) is 20.6. The summed E-state index contributed by atoms with van der Waals surface area (Å²) in [7, 11) is 0. The minimum absolute atomic E-state index is 0.235. The Morgan fingerprint density at radius 1 is 0.844 bits per heavy atom. The Labute approximate surface area is 188 Å². The molecule has 3 aromatic rings. The van der Waals surface area contributed by atoms with E-state index < -0.39 is 5.41 Å². The van der Waals surface area contributed by atoms with E-state index in [1.54, 1.807) is 0 Å². The van der Waals surface area contributed by atoms with E-state index in [0.29, 0.717) is 26.3 Å². The molecule has 3 heterocycles. The van der Waals surface area contributed by atoms with Gasteiger partial charge in [0.1, 0.15) is 5.82 Å². The second kappa shape index (κ2) is 9.09. The summed E-state index contributed by atoms with van der Waals surface area (Å²) in [6, 6.07) is 22.2. The molecule has 5 rings (SSSR count). The number of aromatic nitrogens is 2. The highest BCUT2D eigenvalue weighted by Gasteiger charge is 2.44. The minimum atomic E-state index is -0.475. The molecule has 0 N–H and O–H groups in total. The number of amides is 1. The monoisotopic (exact) mass is 428 g/mol. The van der Waals surface area contributed by atoms with Crippen LogP contribution in [0, 0.1) is 0 Å². The van der Waals surface area contributed by atoms with Crippen molar-refractivity contribution in [2.75, 3.05) is 44.3 Å². The average molecular weight is 429 g/mol. The van der Waals surface area contributed by atoms with Gasteiger partial charge in [-0.2, -0.15) is 0 Å². The predicted octanol–water partition coefficient (Wildman–Crippen LogP) is 3.54. The van der Waals surface area contributed by atoms with E-state index in [4.69, 9.17) is 9.72 Å². The second-order valence-electron chi connectivity index (χ2n) is 8.44.